The van der Waals surface area contributed by atoms with Crippen molar-refractivity contribution in [2.24, 2.45) is 0 Å². The number of para-hydroxylation sites is 1. The first-order valence-corrected chi connectivity index (χ1v) is 7.33. The maximum Gasteiger partial charge on any atom is 0.124 e. The fraction of sp³-hybridized carbons (Fsp3) is 0.263. The van der Waals surface area contributed by atoms with E-state index in [9.17, 15) is 0 Å². The maximum atomic E-state index is 5.71. The molecule has 0 N–H and O–H groups in total. The predicted octanol–water partition coefficient (Wildman–Crippen LogP) is 3.93. The van der Waals surface area contributed by atoms with Crippen LogP contribution in [0.3, 0.4) is 0 Å². The molecule has 21 heavy (non-hydrogen) atoms. The summed E-state index contributed by atoms with van der Waals surface area (Å²) in [6.45, 7) is 6.16. The fourth-order valence-electron chi connectivity index (χ4n) is 2.26. The molecule has 0 spiro atoms. The van der Waals surface area contributed by atoms with Gasteiger partial charge < -0.3 is 9.64 Å². The summed E-state index contributed by atoms with van der Waals surface area (Å²) >= 11 is 0. The molecule has 0 atom stereocenters. The molecule has 0 saturated heterocycles. The highest BCUT2D eigenvalue weighted by Crippen LogP contribution is 2.19. The van der Waals surface area contributed by atoms with Gasteiger partial charge in [-0.3, -0.25) is 0 Å². The quantitative estimate of drug-likeness (QED) is 0.680. The van der Waals surface area contributed by atoms with Crippen molar-refractivity contribution in [3.8, 4) is 5.75 Å². The second kappa shape index (κ2) is 8.28. The molecule has 2 rings (SSSR count). The Bertz CT molecular complexity index is 551. The Balaban J connectivity index is 1.90. The zero-order valence-corrected chi connectivity index (χ0v) is 12.7. The van der Waals surface area contributed by atoms with E-state index in [0.717, 1.165) is 25.3 Å². The van der Waals surface area contributed by atoms with E-state index in [1.807, 2.05) is 12.1 Å². The largest absolute Gasteiger partial charge is 0.489 e. The van der Waals surface area contributed by atoms with Crippen molar-refractivity contribution in [2.45, 2.75) is 13.0 Å². The Hall–Kier alpha value is -2.06. The third-order valence-electron chi connectivity index (χ3n) is 3.39. The van der Waals surface area contributed by atoms with Gasteiger partial charge in [-0.15, -0.1) is 0 Å². The summed E-state index contributed by atoms with van der Waals surface area (Å²) < 4.78 is 5.71. The molecule has 0 aliphatic rings. The van der Waals surface area contributed by atoms with Gasteiger partial charge in [-0.2, -0.15) is 0 Å². The highest BCUT2D eigenvalue weighted by molar-refractivity contribution is 5.33. The Morgan fingerprint density at radius 2 is 1.76 bits per heavy atom. The normalized spacial score (nSPS) is 10.6. The van der Waals surface area contributed by atoms with E-state index in [-0.39, 0.29) is 0 Å². The molecular formula is C19H23NO. The van der Waals surface area contributed by atoms with Gasteiger partial charge in [0.2, 0.25) is 0 Å². The predicted molar refractivity (Wildman–Crippen MR) is 88.6 cm³/mol. The number of hydrogen-bond donors (Lipinski definition) is 0. The smallest absolute Gasteiger partial charge is 0.124 e. The van der Waals surface area contributed by atoms with Crippen molar-refractivity contribution in [3.63, 3.8) is 0 Å². The van der Waals surface area contributed by atoms with Crippen LogP contribution in [0, 0.1) is 0 Å². The van der Waals surface area contributed by atoms with Crippen molar-refractivity contribution in [1.29, 1.82) is 0 Å². The van der Waals surface area contributed by atoms with Crippen LogP contribution in [0.2, 0.25) is 0 Å². The number of benzene rings is 2. The van der Waals surface area contributed by atoms with E-state index >= 15 is 0 Å². The van der Waals surface area contributed by atoms with E-state index in [1.54, 1.807) is 6.08 Å². The SMILES string of the molecule is C=CCOc1ccccc1CN(C)CCc1ccccc1. The monoisotopic (exact) mass is 281 g/mol. The summed E-state index contributed by atoms with van der Waals surface area (Å²) in [6, 6.07) is 18.8. The van der Waals surface area contributed by atoms with Crippen LogP contribution in [0.15, 0.2) is 67.3 Å². The standard InChI is InChI=1S/C19H23NO/c1-3-15-21-19-12-8-7-11-18(19)16-20(2)14-13-17-9-5-4-6-10-17/h3-12H,1,13-16H2,2H3. The second-order valence-electron chi connectivity index (χ2n) is 5.18. The van der Waals surface area contributed by atoms with Crippen molar-refractivity contribution in [2.75, 3.05) is 20.2 Å². The van der Waals surface area contributed by atoms with Crippen LogP contribution in [0.1, 0.15) is 11.1 Å². The van der Waals surface area contributed by atoms with Crippen LogP contribution in [0.4, 0.5) is 0 Å². The van der Waals surface area contributed by atoms with Gasteiger partial charge in [0, 0.05) is 18.7 Å². The molecule has 0 heterocycles. The minimum atomic E-state index is 0.546. The Morgan fingerprint density at radius 3 is 2.52 bits per heavy atom. The number of ether oxygens (including phenoxy) is 1. The van der Waals surface area contributed by atoms with Crippen molar-refractivity contribution >= 4 is 0 Å². The van der Waals surface area contributed by atoms with Crippen molar-refractivity contribution < 1.29 is 4.74 Å². The van der Waals surface area contributed by atoms with E-state index in [4.69, 9.17) is 4.74 Å². The lowest BCUT2D eigenvalue weighted by Crippen LogP contribution is -2.21. The minimum absolute atomic E-state index is 0.546. The Morgan fingerprint density at radius 1 is 1.05 bits per heavy atom. The number of nitrogens with zero attached hydrogens (tertiary/aromatic N) is 1. The van der Waals surface area contributed by atoms with E-state index in [2.05, 4.69) is 61.0 Å². The topological polar surface area (TPSA) is 12.5 Å². The molecule has 0 amide bonds. The molecule has 110 valence electrons. The van der Waals surface area contributed by atoms with Gasteiger partial charge in [0.1, 0.15) is 12.4 Å². The molecule has 2 aromatic rings. The summed E-state index contributed by atoms with van der Waals surface area (Å²) in [5.74, 6) is 0.948. The number of likely N-dealkylation sites (N-methyl/N-ethyl adjacent to an activating group) is 1. The first-order chi connectivity index (χ1) is 10.3. The van der Waals surface area contributed by atoms with Crippen LogP contribution in [-0.4, -0.2) is 25.1 Å². The third kappa shape index (κ3) is 5.09. The van der Waals surface area contributed by atoms with Crippen LogP contribution < -0.4 is 4.74 Å². The lowest BCUT2D eigenvalue weighted by molar-refractivity contribution is 0.312. The van der Waals surface area contributed by atoms with Gasteiger partial charge in [-0.25, -0.2) is 0 Å². The lowest BCUT2D eigenvalue weighted by atomic mass is 10.1. The average molecular weight is 281 g/mol. The van der Waals surface area contributed by atoms with Gasteiger partial charge >= 0.3 is 0 Å². The molecular weight excluding hydrogens is 258 g/mol. The molecule has 2 heteroatoms. The van der Waals surface area contributed by atoms with Gasteiger partial charge in [-0.05, 0) is 25.1 Å². The summed E-state index contributed by atoms with van der Waals surface area (Å²) in [6.07, 6.45) is 2.84. The van der Waals surface area contributed by atoms with E-state index < -0.39 is 0 Å². The number of hydrogen-bond acceptors (Lipinski definition) is 2. The van der Waals surface area contributed by atoms with E-state index in [1.165, 1.54) is 11.1 Å². The molecule has 0 unspecified atom stereocenters. The van der Waals surface area contributed by atoms with Crippen LogP contribution in [0.25, 0.3) is 0 Å². The highest BCUT2D eigenvalue weighted by atomic mass is 16.5. The zero-order valence-electron chi connectivity index (χ0n) is 12.7. The van der Waals surface area contributed by atoms with Gasteiger partial charge in [0.05, 0.1) is 0 Å². The van der Waals surface area contributed by atoms with Crippen LogP contribution >= 0.6 is 0 Å². The Kier molecular flexibility index (Phi) is 6.04. The Labute approximate surface area is 127 Å². The first kappa shape index (κ1) is 15.3. The lowest BCUT2D eigenvalue weighted by Gasteiger charge is -2.18. The molecule has 0 aromatic heterocycles. The maximum absolute atomic E-state index is 5.71. The zero-order chi connectivity index (χ0) is 14.9. The van der Waals surface area contributed by atoms with Crippen molar-refractivity contribution in [3.05, 3.63) is 78.4 Å². The molecule has 0 saturated carbocycles. The van der Waals surface area contributed by atoms with Crippen molar-refractivity contribution in [1.82, 2.24) is 4.90 Å². The summed E-state index contributed by atoms with van der Waals surface area (Å²) in [4.78, 5) is 2.32. The summed E-state index contributed by atoms with van der Waals surface area (Å²) in [5, 5.41) is 0. The molecule has 2 nitrogen and oxygen atoms in total. The van der Waals surface area contributed by atoms with Crippen LogP contribution in [-0.2, 0) is 13.0 Å². The highest BCUT2D eigenvalue weighted by Gasteiger charge is 2.06. The molecule has 0 fully saturated rings. The van der Waals surface area contributed by atoms with Crippen LogP contribution in [0.5, 0.6) is 5.75 Å². The molecule has 2 aromatic carbocycles. The molecule has 0 aliphatic carbocycles. The van der Waals surface area contributed by atoms with E-state index in [0.29, 0.717) is 6.61 Å². The third-order valence-corrected chi connectivity index (χ3v) is 3.39. The van der Waals surface area contributed by atoms with Gasteiger partial charge in [0.25, 0.3) is 0 Å². The van der Waals surface area contributed by atoms with Gasteiger partial charge in [-0.1, -0.05) is 61.2 Å². The van der Waals surface area contributed by atoms with Gasteiger partial charge in [0.15, 0.2) is 0 Å². The molecule has 0 radical (unpaired) electrons. The minimum Gasteiger partial charge on any atom is -0.489 e. The molecule has 0 bridgehead atoms. The summed E-state index contributed by atoms with van der Waals surface area (Å²) in [5.41, 5.74) is 2.59. The second-order valence-corrected chi connectivity index (χ2v) is 5.18. The molecule has 0 aliphatic heterocycles. The first-order valence-electron chi connectivity index (χ1n) is 7.33. The fourth-order valence-corrected chi connectivity index (χ4v) is 2.26. The summed E-state index contributed by atoms with van der Waals surface area (Å²) in [7, 11) is 2.15. The number of rotatable bonds is 8. The average Bonchev–Trinajstić information content (AvgIpc) is 2.53.